The average Bonchev–Trinajstić information content (AvgIpc) is 2.03. The Morgan fingerprint density at radius 2 is 2.36 bits per heavy atom. The molecule has 0 aliphatic carbocycles. The maximum absolute atomic E-state index is 11.2. The van der Waals surface area contributed by atoms with Gasteiger partial charge in [-0.2, -0.15) is 0 Å². The largest absolute Gasteiger partial charge is 0.259 e. The van der Waals surface area contributed by atoms with Crippen LogP contribution in [0.3, 0.4) is 0 Å². The lowest BCUT2D eigenvalue weighted by atomic mass is 10.4. The quantitative estimate of drug-likeness (QED) is 0.357. The van der Waals surface area contributed by atoms with E-state index >= 15 is 0 Å². The highest BCUT2D eigenvalue weighted by atomic mass is 32.2. The lowest BCUT2D eigenvalue weighted by Gasteiger charge is -2.05. The highest BCUT2D eigenvalue weighted by Gasteiger charge is 2.06. The van der Waals surface area contributed by atoms with Crippen LogP contribution in [-0.2, 0) is 10.8 Å². The fraction of sp³-hybridized carbons (Fsp3) is 1.00. The van der Waals surface area contributed by atoms with Crippen molar-refractivity contribution in [2.24, 2.45) is 5.11 Å². The van der Waals surface area contributed by atoms with Crippen molar-refractivity contribution in [3.63, 3.8) is 0 Å². The van der Waals surface area contributed by atoms with Gasteiger partial charge in [0.25, 0.3) is 0 Å². The first-order chi connectivity index (χ1) is 5.22. The third-order valence-electron chi connectivity index (χ3n) is 1.48. The van der Waals surface area contributed by atoms with Crippen molar-refractivity contribution >= 4 is 10.8 Å². The van der Waals surface area contributed by atoms with Crippen LogP contribution in [0.1, 0.15) is 20.3 Å². The van der Waals surface area contributed by atoms with Gasteiger partial charge in [0.1, 0.15) is 0 Å². The van der Waals surface area contributed by atoms with E-state index in [1.54, 1.807) is 0 Å². The van der Waals surface area contributed by atoms with Gasteiger partial charge >= 0.3 is 0 Å². The van der Waals surface area contributed by atoms with E-state index in [2.05, 4.69) is 10.0 Å². The molecule has 0 saturated carbocycles. The van der Waals surface area contributed by atoms with Gasteiger partial charge < -0.3 is 0 Å². The van der Waals surface area contributed by atoms with Gasteiger partial charge in [0, 0.05) is 33.3 Å². The molecule has 0 rings (SSSR count). The van der Waals surface area contributed by atoms with E-state index in [9.17, 15) is 4.21 Å². The predicted octanol–water partition coefficient (Wildman–Crippen LogP) is 1.84. The Hall–Kier alpha value is -0.540. The van der Waals surface area contributed by atoms with Crippen LogP contribution >= 0.6 is 0 Å². The summed E-state index contributed by atoms with van der Waals surface area (Å²) in [6.07, 6.45) is 0.906. The zero-order chi connectivity index (χ0) is 8.69. The lowest BCUT2D eigenvalue weighted by molar-refractivity contribution is 0.670. The summed E-state index contributed by atoms with van der Waals surface area (Å²) in [7, 11) is -0.831. The van der Waals surface area contributed by atoms with E-state index in [0.717, 1.165) is 6.42 Å². The Labute approximate surface area is 69.1 Å². The monoisotopic (exact) mass is 175 g/mol. The van der Waals surface area contributed by atoms with Gasteiger partial charge in [0.05, 0.1) is 0 Å². The molecule has 0 aromatic carbocycles. The molecule has 2 unspecified atom stereocenters. The average molecular weight is 175 g/mol. The van der Waals surface area contributed by atoms with Gasteiger partial charge in [0.15, 0.2) is 0 Å². The second-order valence-corrected chi connectivity index (χ2v) is 4.23. The summed E-state index contributed by atoms with van der Waals surface area (Å²) in [6.45, 7) is 4.27. The number of hydrogen-bond donors (Lipinski definition) is 0. The predicted molar refractivity (Wildman–Crippen MR) is 46.8 cm³/mol. The molecule has 0 amide bonds. The molecule has 11 heavy (non-hydrogen) atoms. The first kappa shape index (κ1) is 10.5. The highest BCUT2D eigenvalue weighted by molar-refractivity contribution is 7.85. The van der Waals surface area contributed by atoms with E-state index in [-0.39, 0.29) is 5.25 Å². The molecule has 0 fully saturated rings. The molecule has 0 spiro atoms. The summed E-state index contributed by atoms with van der Waals surface area (Å²) in [6, 6.07) is 0. The summed E-state index contributed by atoms with van der Waals surface area (Å²) in [4.78, 5) is 2.58. The van der Waals surface area contributed by atoms with Crippen LogP contribution in [0.4, 0.5) is 0 Å². The Morgan fingerprint density at radius 1 is 1.73 bits per heavy atom. The van der Waals surface area contributed by atoms with Crippen LogP contribution in [0.15, 0.2) is 5.11 Å². The molecule has 5 heteroatoms. The van der Waals surface area contributed by atoms with Crippen LogP contribution in [0.25, 0.3) is 10.4 Å². The Kier molecular flexibility index (Phi) is 5.88. The number of nitrogens with zero attached hydrogens (tertiary/aromatic N) is 3. The van der Waals surface area contributed by atoms with Crippen LogP contribution < -0.4 is 0 Å². The first-order valence-electron chi connectivity index (χ1n) is 3.60. The molecule has 0 saturated heterocycles. The molecule has 0 N–H and O–H groups in total. The fourth-order valence-electron chi connectivity index (χ4n) is 0.563. The van der Waals surface area contributed by atoms with Crippen molar-refractivity contribution in [2.75, 3.05) is 12.3 Å². The summed E-state index contributed by atoms with van der Waals surface area (Å²) >= 11 is 0. The molecule has 64 valence electrons. The molecule has 0 aliphatic rings. The number of rotatable bonds is 5. The minimum atomic E-state index is -0.831. The normalized spacial score (nSPS) is 15.1. The smallest absolute Gasteiger partial charge is 0.0373 e. The molecule has 4 nitrogen and oxygen atoms in total. The molecule has 0 aliphatic heterocycles. The van der Waals surface area contributed by atoms with Crippen molar-refractivity contribution in [1.82, 2.24) is 0 Å². The molecule has 0 heterocycles. The van der Waals surface area contributed by atoms with Crippen molar-refractivity contribution in [2.45, 2.75) is 25.5 Å². The van der Waals surface area contributed by atoms with Gasteiger partial charge in [-0.3, -0.25) is 4.21 Å². The second-order valence-electron chi connectivity index (χ2n) is 2.26. The summed E-state index contributed by atoms with van der Waals surface area (Å²) < 4.78 is 11.2. The molecular formula is C6H13N3OS. The van der Waals surface area contributed by atoms with Gasteiger partial charge in [-0.05, 0) is 12.0 Å². The van der Waals surface area contributed by atoms with Crippen molar-refractivity contribution in [3.05, 3.63) is 10.4 Å². The number of hydrogen-bond acceptors (Lipinski definition) is 2. The van der Waals surface area contributed by atoms with Crippen LogP contribution in [-0.4, -0.2) is 21.8 Å². The van der Waals surface area contributed by atoms with E-state index in [1.165, 1.54) is 0 Å². The second kappa shape index (κ2) is 6.19. The topological polar surface area (TPSA) is 65.8 Å². The summed E-state index contributed by atoms with van der Waals surface area (Å²) in [5.41, 5.74) is 7.93. The van der Waals surface area contributed by atoms with E-state index in [0.29, 0.717) is 12.3 Å². The van der Waals surface area contributed by atoms with Crippen LogP contribution in [0.5, 0.6) is 0 Å². The third-order valence-corrected chi connectivity index (χ3v) is 3.30. The van der Waals surface area contributed by atoms with Crippen molar-refractivity contribution in [3.8, 4) is 0 Å². The molecule has 0 radical (unpaired) electrons. The lowest BCUT2D eigenvalue weighted by Crippen LogP contribution is -2.13. The zero-order valence-corrected chi connectivity index (χ0v) is 7.67. The Bertz CT molecular complexity index is 177. The summed E-state index contributed by atoms with van der Waals surface area (Å²) in [5, 5.41) is 3.53. The van der Waals surface area contributed by atoms with E-state index in [1.807, 2.05) is 13.8 Å². The van der Waals surface area contributed by atoms with Crippen molar-refractivity contribution in [1.29, 1.82) is 0 Å². The molecular weight excluding hydrogens is 162 g/mol. The van der Waals surface area contributed by atoms with Crippen LogP contribution in [0, 0.1) is 0 Å². The molecule has 0 aromatic rings. The van der Waals surface area contributed by atoms with Gasteiger partial charge in [-0.1, -0.05) is 19.0 Å². The standard InChI is InChI=1S/C6H13N3OS/c1-3-6(2)11(10)5-4-8-9-7/h6H,3-5H2,1-2H3. The Morgan fingerprint density at radius 3 is 2.82 bits per heavy atom. The minimum absolute atomic E-state index is 0.212. The van der Waals surface area contributed by atoms with Gasteiger partial charge in [-0.25, -0.2) is 0 Å². The van der Waals surface area contributed by atoms with Gasteiger partial charge in [0.2, 0.25) is 0 Å². The maximum Gasteiger partial charge on any atom is 0.0373 e. The zero-order valence-electron chi connectivity index (χ0n) is 6.86. The SMILES string of the molecule is CCC(C)S(=O)CCN=[N+]=[N-]. The fourth-order valence-corrected chi connectivity index (χ4v) is 1.60. The van der Waals surface area contributed by atoms with E-state index < -0.39 is 10.8 Å². The van der Waals surface area contributed by atoms with Crippen LogP contribution in [0.2, 0.25) is 0 Å². The highest BCUT2D eigenvalue weighted by Crippen LogP contribution is 2.00. The minimum Gasteiger partial charge on any atom is -0.259 e. The van der Waals surface area contributed by atoms with Gasteiger partial charge in [-0.15, -0.1) is 0 Å². The summed E-state index contributed by atoms with van der Waals surface area (Å²) in [5.74, 6) is 0.485. The van der Waals surface area contributed by atoms with E-state index in [4.69, 9.17) is 5.53 Å². The number of azide groups is 1. The third kappa shape index (κ3) is 4.81. The first-order valence-corrected chi connectivity index (χ1v) is 4.98. The Balaban J connectivity index is 3.60. The maximum atomic E-state index is 11.2. The van der Waals surface area contributed by atoms with Crippen molar-refractivity contribution < 1.29 is 4.21 Å². The molecule has 0 bridgehead atoms. The molecule has 2 atom stereocenters. The molecule has 0 aromatic heterocycles.